The monoisotopic (exact) mass is 300 g/mol. The highest BCUT2D eigenvalue weighted by Gasteiger charge is 2.36. The molecular weight excluding hydrogens is 280 g/mol. The fourth-order valence-electron chi connectivity index (χ4n) is 2.99. The average Bonchev–Trinajstić information content (AvgIpc) is 3.02. The molecule has 2 heterocycles. The molecule has 0 spiro atoms. The SMILES string of the molecule is CN(C)C(=O)C1CCCN1C(=O)C1=Cc2ccccc2OC1. The fraction of sp³-hybridized carbons (Fsp3) is 0.412. The van der Waals surface area contributed by atoms with Gasteiger partial charge in [0.2, 0.25) is 5.91 Å². The molecule has 0 bridgehead atoms. The number of carbonyl (C=O) groups is 2. The smallest absolute Gasteiger partial charge is 0.253 e. The molecule has 0 radical (unpaired) electrons. The number of fused-ring (bicyclic) bond motifs is 1. The summed E-state index contributed by atoms with van der Waals surface area (Å²) in [5, 5.41) is 0. The highest BCUT2D eigenvalue weighted by atomic mass is 16.5. The van der Waals surface area contributed by atoms with E-state index in [2.05, 4.69) is 0 Å². The number of amides is 2. The molecule has 2 amide bonds. The van der Waals surface area contributed by atoms with Crippen molar-refractivity contribution in [2.45, 2.75) is 18.9 Å². The highest BCUT2D eigenvalue weighted by Crippen LogP contribution is 2.28. The van der Waals surface area contributed by atoms with Gasteiger partial charge in [0, 0.05) is 26.2 Å². The highest BCUT2D eigenvalue weighted by molar-refractivity contribution is 6.01. The van der Waals surface area contributed by atoms with Crippen LogP contribution in [0.4, 0.5) is 0 Å². The molecule has 1 unspecified atom stereocenters. The van der Waals surface area contributed by atoms with Crippen LogP contribution in [-0.2, 0) is 9.59 Å². The van der Waals surface area contributed by atoms with Crippen molar-refractivity contribution < 1.29 is 14.3 Å². The van der Waals surface area contributed by atoms with Gasteiger partial charge in [0.1, 0.15) is 18.4 Å². The summed E-state index contributed by atoms with van der Waals surface area (Å²) in [4.78, 5) is 28.2. The minimum absolute atomic E-state index is 0.0106. The summed E-state index contributed by atoms with van der Waals surface area (Å²) >= 11 is 0. The van der Waals surface area contributed by atoms with Crippen molar-refractivity contribution >= 4 is 17.9 Å². The van der Waals surface area contributed by atoms with E-state index in [1.165, 1.54) is 0 Å². The summed E-state index contributed by atoms with van der Waals surface area (Å²) in [6.07, 6.45) is 3.46. The van der Waals surface area contributed by atoms with Crippen LogP contribution >= 0.6 is 0 Å². The number of likely N-dealkylation sites (N-methyl/N-ethyl adjacent to an activating group) is 1. The molecule has 5 heteroatoms. The van der Waals surface area contributed by atoms with Gasteiger partial charge in [-0.2, -0.15) is 0 Å². The number of hydrogen-bond donors (Lipinski definition) is 0. The van der Waals surface area contributed by atoms with Crippen LogP contribution in [0, 0.1) is 0 Å². The van der Waals surface area contributed by atoms with Crippen LogP contribution in [-0.4, -0.2) is 54.9 Å². The largest absolute Gasteiger partial charge is 0.488 e. The van der Waals surface area contributed by atoms with Gasteiger partial charge in [0.25, 0.3) is 5.91 Å². The van der Waals surface area contributed by atoms with Gasteiger partial charge >= 0.3 is 0 Å². The Morgan fingerprint density at radius 3 is 2.82 bits per heavy atom. The predicted molar refractivity (Wildman–Crippen MR) is 83.3 cm³/mol. The standard InChI is InChI=1S/C17H20N2O3/c1-18(2)17(21)14-7-5-9-19(14)16(20)13-10-12-6-3-4-8-15(12)22-11-13/h3-4,6,8,10,14H,5,7,9,11H2,1-2H3. The van der Waals surface area contributed by atoms with Crippen LogP contribution in [0.5, 0.6) is 5.75 Å². The molecule has 1 fully saturated rings. The third kappa shape index (κ3) is 2.58. The van der Waals surface area contributed by atoms with E-state index < -0.39 is 0 Å². The molecule has 3 rings (SSSR count). The lowest BCUT2D eigenvalue weighted by atomic mass is 10.1. The van der Waals surface area contributed by atoms with Gasteiger partial charge in [0.05, 0.1) is 5.57 Å². The molecule has 0 N–H and O–H groups in total. The van der Waals surface area contributed by atoms with E-state index >= 15 is 0 Å². The first kappa shape index (κ1) is 14.6. The number of likely N-dealkylation sites (tertiary alicyclic amines) is 1. The Bertz CT molecular complexity index is 637. The van der Waals surface area contributed by atoms with Crippen molar-refractivity contribution in [2.24, 2.45) is 0 Å². The maximum Gasteiger partial charge on any atom is 0.253 e. The molecule has 2 aliphatic rings. The Morgan fingerprint density at radius 2 is 2.05 bits per heavy atom. The number of nitrogens with zero attached hydrogens (tertiary/aromatic N) is 2. The Morgan fingerprint density at radius 1 is 1.27 bits per heavy atom. The van der Waals surface area contributed by atoms with E-state index in [9.17, 15) is 9.59 Å². The zero-order chi connectivity index (χ0) is 15.7. The van der Waals surface area contributed by atoms with E-state index in [1.54, 1.807) is 23.9 Å². The van der Waals surface area contributed by atoms with E-state index in [0.717, 1.165) is 24.2 Å². The Kier molecular flexibility index (Phi) is 3.88. The van der Waals surface area contributed by atoms with Gasteiger partial charge < -0.3 is 14.5 Å². The molecule has 1 atom stereocenters. The molecule has 1 aromatic carbocycles. The van der Waals surface area contributed by atoms with Crippen molar-refractivity contribution in [3.05, 3.63) is 35.4 Å². The van der Waals surface area contributed by atoms with Gasteiger partial charge in [-0.05, 0) is 25.0 Å². The van der Waals surface area contributed by atoms with Crippen molar-refractivity contribution in [1.29, 1.82) is 0 Å². The molecule has 116 valence electrons. The van der Waals surface area contributed by atoms with E-state index in [-0.39, 0.29) is 24.5 Å². The number of ether oxygens (including phenoxy) is 1. The van der Waals surface area contributed by atoms with Gasteiger partial charge in [0.15, 0.2) is 0 Å². The number of carbonyl (C=O) groups excluding carboxylic acids is 2. The van der Waals surface area contributed by atoms with Crippen LogP contribution in [0.1, 0.15) is 18.4 Å². The first-order valence-corrected chi connectivity index (χ1v) is 7.52. The second-order valence-corrected chi connectivity index (χ2v) is 5.89. The van der Waals surface area contributed by atoms with Crippen LogP contribution in [0.3, 0.4) is 0 Å². The lowest BCUT2D eigenvalue weighted by Crippen LogP contribution is -2.46. The Balaban J connectivity index is 1.82. The fourth-order valence-corrected chi connectivity index (χ4v) is 2.99. The number of benzene rings is 1. The summed E-state index contributed by atoms with van der Waals surface area (Å²) in [6.45, 7) is 0.886. The first-order chi connectivity index (χ1) is 10.6. The van der Waals surface area contributed by atoms with Crippen LogP contribution in [0.15, 0.2) is 29.8 Å². The maximum absolute atomic E-state index is 12.8. The maximum atomic E-state index is 12.8. The summed E-state index contributed by atoms with van der Waals surface area (Å²) in [6, 6.07) is 7.29. The lowest BCUT2D eigenvalue weighted by Gasteiger charge is -2.28. The third-order valence-corrected chi connectivity index (χ3v) is 4.15. The van der Waals surface area contributed by atoms with Crippen molar-refractivity contribution in [3.8, 4) is 5.75 Å². The topological polar surface area (TPSA) is 49.9 Å². The second kappa shape index (κ2) is 5.83. The normalized spacial score (nSPS) is 20.0. The summed E-state index contributed by atoms with van der Waals surface area (Å²) in [7, 11) is 3.45. The minimum atomic E-state index is -0.347. The van der Waals surface area contributed by atoms with Crippen LogP contribution < -0.4 is 4.74 Å². The van der Waals surface area contributed by atoms with Gasteiger partial charge in [-0.15, -0.1) is 0 Å². The quantitative estimate of drug-likeness (QED) is 0.832. The molecular formula is C17H20N2O3. The molecule has 1 saturated heterocycles. The summed E-state index contributed by atoms with van der Waals surface area (Å²) in [5.74, 6) is 0.692. The van der Waals surface area contributed by atoms with Crippen molar-refractivity contribution in [3.63, 3.8) is 0 Å². The van der Waals surface area contributed by atoms with Gasteiger partial charge in [-0.25, -0.2) is 0 Å². The van der Waals surface area contributed by atoms with Crippen molar-refractivity contribution in [1.82, 2.24) is 9.80 Å². The van der Waals surface area contributed by atoms with Crippen LogP contribution in [0.2, 0.25) is 0 Å². The summed E-state index contributed by atoms with van der Waals surface area (Å²) in [5.41, 5.74) is 1.52. The second-order valence-electron chi connectivity index (χ2n) is 5.89. The van der Waals surface area contributed by atoms with Gasteiger partial charge in [-0.1, -0.05) is 18.2 Å². The molecule has 22 heavy (non-hydrogen) atoms. The number of rotatable bonds is 2. The zero-order valence-electron chi connectivity index (χ0n) is 12.9. The van der Waals surface area contributed by atoms with Crippen LogP contribution in [0.25, 0.3) is 6.08 Å². The predicted octanol–water partition coefficient (Wildman–Crippen LogP) is 1.54. The Labute approximate surface area is 130 Å². The third-order valence-electron chi connectivity index (χ3n) is 4.15. The minimum Gasteiger partial charge on any atom is -0.488 e. The van der Waals surface area contributed by atoms with E-state index in [0.29, 0.717) is 12.1 Å². The summed E-state index contributed by atoms with van der Waals surface area (Å²) < 4.78 is 5.65. The Hall–Kier alpha value is -2.30. The molecule has 0 aliphatic carbocycles. The van der Waals surface area contributed by atoms with E-state index in [1.807, 2.05) is 30.3 Å². The van der Waals surface area contributed by atoms with Gasteiger partial charge in [-0.3, -0.25) is 9.59 Å². The molecule has 2 aliphatic heterocycles. The van der Waals surface area contributed by atoms with Crippen molar-refractivity contribution in [2.75, 3.05) is 27.2 Å². The number of para-hydroxylation sites is 1. The van der Waals surface area contributed by atoms with E-state index in [4.69, 9.17) is 4.74 Å². The average molecular weight is 300 g/mol. The number of hydrogen-bond acceptors (Lipinski definition) is 3. The zero-order valence-corrected chi connectivity index (χ0v) is 12.9. The molecule has 0 aromatic heterocycles. The first-order valence-electron chi connectivity index (χ1n) is 7.52. The lowest BCUT2D eigenvalue weighted by molar-refractivity contribution is -0.140. The molecule has 0 saturated carbocycles. The molecule has 5 nitrogen and oxygen atoms in total. The molecule has 1 aromatic rings.